The molecule has 2 atom stereocenters. The van der Waals surface area contributed by atoms with Crippen molar-refractivity contribution in [3.63, 3.8) is 0 Å². The SMILES string of the molecule is CC(CC1CCCC1)C(=O)NCCC(O)C(C)C. The van der Waals surface area contributed by atoms with E-state index in [9.17, 15) is 9.90 Å². The van der Waals surface area contributed by atoms with Crippen LogP contribution in [0.3, 0.4) is 0 Å². The number of amides is 1. The molecule has 0 saturated heterocycles. The summed E-state index contributed by atoms with van der Waals surface area (Å²) in [5.74, 6) is 1.28. The molecule has 1 aliphatic rings. The van der Waals surface area contributed by atoms with E-state index >= 15 is 0 Å². The van der Waals surface area contributed by atoms with Crippen molar-refractivity contribution in [1.82, 2.24) is 5.32 Å². The average Bonchev–Trinajstić information content (AvgIpc) is 2.81. The minimum absolute atomic E-state index is 0.115. The molecule has 18 heavy (non-hydrogen) atoms. The van der Waals surface area contributed by atoms with Gasteiger partial charge in [-0.05, 0) is 24.7 Å². The van der Waals surface area contributed by atoms with Crippen molar-refractivity contribution in [3.8, 4) is 0 Å². The Morgan fingerprint density at radius 3 is 2.44 bits per heavy atom. The van der Waals surface area contributed by atoms with Gasteiger partial charge in [-0.3, -0.25) is 4.79 Å². The van der Waals surface area contributed by atoms with E-state index in [1.165, 1.54) is 25.7 Å². The van der Waals surface area contributed by atoms with Gasteiger partial charge in [0.05, 0.1) is 6.10 Å². The monoisotopic (exact) mass is 255 g/mol. The van der Waals surface area contributed by atoms with Gasteiger partial charge in [-0.25, -0.2) is 0 Å². The van der Waals surface area contributed by atoms with Crippen LogP contribution in [0, 0.1) is 17.8 Å². The third-order valence-electron chi connectivity index (χ3n) is 4.12. The second kappa shape index (κ2) is 7.78. The van der Waals surface area contributed by atoms with Crippen LogP contribution in [0.25, 0.3) is 0 Å². The molecule has 0 bridgehead atoms. The van der Waals surface area contributed by atoms with Crippen LogP contribution in [0.4, 0.5) is 0 Å². The summed E-state index contributed by atoms with van der Waals surface area (Å²) < 4.78 is 0. The Balaban J connectivity index is 2.15. The van der Waals surface area contributed by atoms with E-state index in [-0.39, 0.29) is 23.8 Å². The third kappa shape index (κ3) is 5.38. The smallest absolute Gasteiger partial charge is 0.222 e. The van der Waals surface area contributed by atoms with Crippen LogP contribution in [0.5, 0.6) is 0 Å². The van der Waals surface area contributed by atoms with Crippen molar-refractivity contribution >= 4 is 5.91 Å². The zero-order valence-corrected chi connectivity index (χ0v) is 12.1. The maximum atomic E-state index is 11.9. The lowest BCUT2D eigenvalue weighted by molar-refractivity contribution is -0.125. The highest BCUT2D eigenvalue weighted by atomic mass is 16.3. The Morgan fingerprint density at radius 1 is 1.28 bits per heavy atom. The van der Waals surface area contributed by atoms with Crippen LogP contribution >= 0.6 is 0 Å². The second-order valence-corrected chi connectivity index (χ2v) is 6.18. The molecule has 0 radical (unpaired) electrons. The zero-order valence-electron chi connectivity index (χ0n) is 12.1. The molecular formula is C15H29NO2. The molecule has 1 rings (SSSR count). The number of aliphatic hydroxyl groups is 1. The number of rotatable bonds is 7. The number of hydrogen-bond donors (Lipinski definition) is 2. The fourth-order valence-electron chi connectivity index (χ4n) is 2.70. The summed E-state index contributed by atoms with van der Waals surface area (Å²) in [5.41, 5.74) is 0. The van der Waals surface area contributed by atoms with Gasteiger partial charge in [-0.1, -0.05) is 46.5 Å². The first-order valence-electron chi connectivity index (χ1n) is 7.46. The van der Waals surface area contributed by atoms with Crippen molar-refractivity contribution in [2.24, 2.45) is 17.8 Å². The first kappa shape index (κ1) is 15.5. The molecule has 3 nitrogen and oxygen atoms in total. The topological polar surface area (TPSA) is 49.3 Å². The summed E-state index contributed by atoms with van der Waals surface area (Å²) in [5, 5.41) is 12.6. The Morgan fingerprint density at radius 2 is 1.89 bits per heavy atom. The number of nitrogens with one attached hydrogen (secondary N) is 1. The van der Waals surface area contributed by atoms with Gasteiger partial charge in [-0.2, -0.15) is 0 Å². The van der Waals surface area contributed by atoms with Crippen molar-refractivity contribution in [1.29, 1.82) is 0 Å². The van der Waals surface area contributed by atoms with Gasteiger partial charge in [-0.15, -0.1) is 0 Å². The van der Waals surface area contributed by atoms with E-state index in [1.807, 2.05) is 20.8 Å². The van der Waals surface area contributed by atoms with E-state index in [2.05, 4.69) is 5.32 Å². The average molecular weight is 255 g/mol. The molecule has 1 saturated carbocycles. The minimum atomic E-state index is -0.310. The molecule has 2 N–H and O–H groups in total. The highest BCUT2D eigenvalue weighted by Gasteiger charge is 2.21. The lowest BCUT2D eigenvalue weighted by Gasteiger charge is -2.18. The fourth-order valence-corrected chi connectivity index (χ4v) is 2.70. The number of hydrogen-bond acceptors (Lipinski definition) is 2. The maximum absolute atomic E-state index is 11.9. The van der Waals surface area contributed by atoms with E-state index in [4.69, 9.17) is 0 Å². The number of carbonyl (C=O) groups is 1. The molecule has 0 spiro atoms. The van der Waals surface area contributed by atoms with Crippen LogP contribution < -0.4 is 5.32 Å². The molecule has 0 aromatic heterocycles. The van der Waals surface area contributed by atoms with Crippen LogP contribution in [0.1, 0.15) is 59.3 Å². The van der Waals surface area contributed by atoms with Crippen LogP contribution in [0.15, 0.2) is 0 Å². The lowest BCUT2D eigenvalue weighted by Crippen LogP contribution is -2.33. The lowest BCUT2D eigenvalue weighted by atomic mass is 9.94. The molecule has 106 valence electrons. The predicted molar refractivity (Wildman–Crippen MR) is 74.2 cm³/mol. The highest BCUT2D eigenvalue weighted by Crippen LogP contribution is 2.30. The van der Waals surface area contributed by atoms with Crippen molar-refractivity contribution in [2.75, 3.05) is 6.54 Å². The van der Waals surface area contributed by atoms with Gasteiger partial charge >= 0.3 is 0 Å². The van der Waals surface area contributed by atoms with Crippen molar-refractivity contribution in [2.45, 2.75) is 65.4 Å². The normalized spacial score (nSPS) is 20.1. The van der Waals surface area contributed by atoms with E-state index < -0.39 is 0 Å². The summed E-state index contributed by atoms with van der Waals surface area (Å²) in [7, 11) is 0. The standard InChI is InChI=1S/C15H29NO2/c1-11(2)14(17)8-9-16-15(18)12(3)10-13-6-4-5-7-13/h11-14,17H,4-10H2,1-3H3,(H,16,18). The van der Waals surface area contributed by atoms with Crippen molar-refractivity contribution < 1.29 is 9.90 Å². The minimum Gasteiger partial charge on any atom is -0.393 e. The fraction of sp³-hybridized carbons (Fsp3) is 0.933. The quantitative estimate of drug-likeness (QED) is 0.735. The first-order chi connectivity index (χ1) is 8.50. The molecule has 1 aliphatic carbocycles. The number of carbonyl (C=O) groups excluding carboxylic acids is 1. The molecular weight excluding hydrogens is 226 g/mol. The molecule has 3 heteroatoms. The molecule has 0 heterocycles. The Bertz CT molecular complexity index is 247. The van der Waals surface area contributed by atoms with Crippen LogP contribution in [0.2, 0.25) is 0 Å². The van der Waals surface area contributed by atoms with Crippen molar-refractivity contribution in [3.05, 3.63) is 0 Å². The summed E-state index contributed by atoms with van der Waals surface area (Å²) in [4.78, 5) is 11.9. The summed E-state index contributed by atoms with van der Waals surface area (Å²) in [6.45, 7) is 6.60. The Labute approximate surface area is 111 Å². The Kier molecular flexibility index (Phi) is 6.69. The van der Waals surface area contributed by atoms with Gasteiger partial charge in [0.15, 0.2) is 0 Å². The third-order valence-corrected chi connectivity index (χ3v) is 4.12. The van der Waals surface area contributed by atoms with Gasteiger partial charge in [0.25, 0.3) is 0 Å². The molecule has 0 aromatic carbocycles. The van der Waals surface area contributed by atoms with Crippen LogP contribution in [-0.2, 0) is 4.79 Å². The highest BCUT2D eigenvalue weighted by molar-refractivity contribution is 5.78. The predicted octanol–water partition coefficient (Wildman–Crippen LogP) is 2.73. The second-order valence-electron chi connectivity index (χ2n) is 6.18. The molecule has 0 aliphatic heterocycles. The summed E-state index contributed by atoms with van der Waals surface area (Å²) >= 11 is 0. The molecule has 1 fully saturated rings. The first-order valence-corrected chi connectivity index (χ1v) is 7.46. The van der Waals surface area contributed by atoms with Gasteiger partial charge < -0.3 is 10.4 Å². The van der Waals surface area contributed by atoms with E-state index in [1.54, 1.807) is 0 Å². The summed E-state index contributed by atoms with van der Waals surface area (Å²) in [6, 6.07) is 0. The van der Waals surface area contributed by atoms with Crippen LogP contribution in [-0.4, -0.2) is 23.7 Å². The van der Waals surface area contributed by atoms with Gasteiger partial charge in [0, 0.05) is 12.5 Å². The zero-order chi connectivity index (χ0) is 13.5. The summed E-state index contributed by atoms with van der Waals surface area (Å²) in [6.07, 6.45) is 6.63. The molecule has 0 aromatic rings. The van der Waals surface area contributed by atoms with Gasteiger partial charge in [0.2, 0.25) is 5.91 Å². The largest absolute Gasteiger partial charge is 0.393 e. The van der Waals surface area contributed by atoms with Gasteiger partial charge in [0.1, 0.15) is 0 Å². The van der Waals surface area contributed by atoms with E-state index in [0.717, 1.165) is 12.3 Å². The van der Waals surface area contributed by atoms with E-state index in [0.29, 0.717) is 13.0 Å². The Hall–Kier alpha value is -0.570. The molecule has 1 amide bonds. The molecule has 2 unspecified atom stereocenters. The maximum Gasteiger partial charge on any atom is 0.222 e. The number of aliphatic hydroxyl groups excluding tert-OH is 1.